The Kier molecular flexibility index (Phi) is 69.2. The highest BCUT2D eigenvalue weighted by Crippen LogP contribution is 2.27. The highest BCUT2D eigenvalue weighted by atomic mass is 16.2. The molecule has 0 radical (unpaired) electrons. The van der Waals surface area contributed by atoms with E-state index in [2.05, 4.69) is 81.5 Å². The predicted molar refractivity (Wildman–Crippen MR) is 495 cm³/mol. The van der Waals surface area contributed by atoms with Crippen molar-refractivity contribution in [3.63, 3.8) is 0 Å². The van der Waals surface area contributed by atoms with Crippen molar-refractivity contribution in [2.75, 3.05) is 119 Å². The van der Waals surface area contributed by atoms with E-state index in [1.165, 1.54) is 135 Å². The zero-order valence-electron chi connectivity index (χ0n) is 77.9. The molecule has 0 spiro atoms. The van der Waals surface area contributed by atoms with E-state index in [0.717, 1.165) is 102 Å². The first kappa shape index (κ1) is 115. The van der Waals surface area contributed by atoms with Crippen LogP contribution in [0.5, 0.6) is 0 Å². The van der Waals surface area contributed by atoms with Crippen LogP contribution in [0.25, 0.3) is 0 Å². The van der Waals surface area contributed by atoms with Gasteiger partial charge in [-0.3, -0.25) is 72.6 Å². The molecule has 0 amide bonds. The van der Waals surface area contributed by atoms with Gasteiger partial charge in [0.05, 0.1) is 0 Å². The average molecular weight is 1620 g/mol. The van der Waals surface area contributed by atoms with Crippen LogP contribution in [0.2, 0.25) is 0 Å². The Bertz CT molecular complexity index is 2860. The number of nitrogens with zero attached hydrogens (tertiary/aromatic N) is 7. The third kappa shape index (κ3) is 63.4. The summed E-state index contributed by atoms with van der Waals surface area (Å²) in [5.74, 6) is 3.18. The van der Waals surface area contributed by atoms with Gasteiger partial charge in [0.15, 0.2) is 52.0 Å². The second-order valence-corrected chi connectivity index (χ2v) is 34.8. The van der Waals surface area contributed by atoms with Gasteiger partial charge in [-0.15, -0.1) is 0 Å². The van der Waals surface area contributed by atoms with Crippen molar-refractivity contribution in [2.24, 2.45) is 53.3 Å². The lowest BCUT2D eigenvalue weighted by Gasteiger charge is -2.33. The topological polar surface area (TPSA) is 188 Å². The Labute approximate surface area is 712 Å². The molecule has 17 nitrogen and oxygen atoms in total. The second kappa shape index (κ2) is 70.1. The maximum absolute atomic E-state index is 11.4. The molecule has 666 valence electrons. The van der Waals surface area contributed by atoms with Crippen LogP contribution in [0, 0.1) is 53.3 Å². The number of nitrogens with one attached hydrogen (secondary N) is 1. The van der Waals surface area contributed by atoms with E-state index in [0.29, 0.717) is 0 Å². The summed E-state index contributed by atoms with van der Waals surface area (Å²) < 4.78 is 0. The molecule has 5 aliphatic carbocycles. The molecular weight excluding hydrogens is 1450 g/mol. The summed E-state index contributed by atoms with van der Waals surface area (Å²) in [6.07, 6.45) is 55.5. The van der Waals surface area contributed by atoms with E-state index < -0.39 is 0 Å². The summed E-state index contributed by atoms with van der Waals surface area (Å²) in [4.78, 5) is 117. The minimum Gasteiger partial charge on any atom is -0.311 e. The van der Waals surface area contributed by atoms with Crippen LogP contribution in [-0.2, 0) is 43.2 Å². The first-order valence-electron chi connectivity index (χ1n) is 44.9. The lowest BCUT2D eigenvalue weighted by molar-refractivity contribution is -0.118. The van der Waals surface area contributed by atoms with Gasteiger partial charge in [-0.25, -0.2) is 0 Å². The molecule has 7 aliphatic rings. The molecule has 0 unspecified atom stereocenters. The molecule has 5 saturated carbocycles. The first-order chi connectivity index (χ1) is 54.4. The zero-order valence-corrected chi connectivity index (χ0v) is 77.9. The minimum atomic E-state index is 0. The lowest BCUT2D eigenvalue weighted by Crippen LogP contribution is -2.37. The molecule has 116 heavy (non-hydrogen) atoms. The Balaban J connectivity index is -0.00000124. The van der Waals surface area contributed by atoms with Crippen LogP contribution in [0.4, 0.5) is 0 Å². The molecule has 2 heterocycles. The average Bonchev–Trinajstić information content (AvgIpc) is 1.64. The van der Waals surface area contributed by atoms with Crippen molar-refractivity contribution in [3.8, 4) is 0 Å². The van der Waals surface area contributed by atoms with Crippen molar-refractivity contribution in [1.29, 1.82) is 0 Å². The van der Waals surface area contributed by atoms with Gasteiger partial charge in [-0.2, -0.15) is 0 Å². The Morgan fingerprint density at radius 1 is 0.310 bits per heavy atom. The van der Waals surface area contributed by atoms with E-state index in [1.807, 2.05) is 180 Å². The van der Waals surface area contributed by atoms with Gasteiger partial charge >= 0.3 is 0 Å². The number of likely N-dealkylation sites (N-methyl/N-ethyl adjacent to an activating group) is 5. The molecule has 2 saturated heterocycles. The first-order valence-corrected chi connectivity index (χ1v) is 44.9. The summed E-state index contributed by atoms with van der Waals surface area (Å²) in [6.45, 7) is 58.1. The van der Waals surface area contributed by atoms with Crippen LogP contribution < -0.4 is 5.32 Å². The van der Waals surface area contributed by atoms with Crippen LogP contribution in [0.1, 0.15) is 269 Å². The number of likely N-dealkylation sites (tertiary alicyclic amines) is 2. The SMILES string of the molecule is C.C/C=C/C(=O)C(C)C.CC(C)C(=O)/C=C/CN(C)C1CC1.CC(C)C(=O)/C=C/CN(C)C1CCC1.CC(C)C(=O)/C=C/CN(C)C1CCCCC1.CC(C)C(=O)/C=C/CN1CCC1.CC(C)C(=O)/C=C/CN1CCCC1.CC(C)C(=O)/C=C/CNC1CC1.CCN(C/C=C/C(=O)C(C)C)C1CC1.CCN(CC)C/C=C/C(=O)C(C)C. The van der Waals surface area contributed by atoms with E-state index in [9.17, 15) is 43.2 Å². The second-order valence-electron chi connectivity index (χ2n) is 34.8. The van der Waals surface area contributed by atoms with Gasteiger partial charge < -0.3 is 10.2 Å². The number of carbonyl (C=O) groups is 9. The van der Waals surface area contributed by atoms with Gasteiger partial charge in [0.2, 0.25) is 0 Å². The standard InChI is InChI=1S/C14H25NO.2C12H21NO.2C11H19NO.C11H21NO.2C10H17NO.C7H12O.CH4/c1-12(2)14(16)10-7-11-15(3)13-8-5-4-6-9-13;1-10(2)12(14)8-5-9-13(3)11-6-4-7-11;1-4-13(11-7-8-11)9-5-6-12(14)10(2)3;1-9(2)11(13)5-4-8-12(3)10-6-7-10;1-10(2)11(13)6-5-9-12-7-3-4-8-12;1-5-12(6-2)9-7-8-11(13)10(3)4;1-9(2)10(12)5-3-6-11-7-4-8-11;1-8(2)10(12)4-3-7-11-9-5-6-9;1-4-5-7(8)6(2)3;/h7,10,12-13H,4-6,8-9,11H2,1-3H3;5,8,10-11H,4,6-7,9H2,1-3H3;5-6,10-11H,4,7-9H2,1-3H3;4-5,9-10H,6-8H2,1-3H3;5-6,10H,3-4,7-9H2,1-2H3;7-8,10H,5-6,9H2,1-4H3;3,5,9H,4,6-8H2,1-2H3;3-4,8-9,11H,5-7H2,1-2H3;4-6H,1-3H3;1H4/b10-7+;8-5+;6-5+;5-4+;6-5+;8-7+;5-3+;4-3+;5-4+;. The maximum Gasteiger partial charge on any atom is 0.157 e. The molecule has 17 heteroatoms. The van der Waals surface area contributed by atoms with E-state index in [1.54, 1.807) is 60.8 Å². The minimum absolute atomic E-state index is 0. The van der Waals surface area contributed by atoms with Crippen molar-refractivity contribution in [2.45, 2.75) is 299 Å². The van der Waals surface area contributed by atoms with Crippen molar-refractivity contribution in [3.05, 3.63) is 109 Å². The fourth-order valence-corrected chi connectivity index (χ4v) is 11.2. The monoisotopic (exact) mass is 1620 g/mol. The van der Waals surface area contributed by atoms with E-state index in [-0.39, 0.29) is 113 Å². The smallest absolute Gasteiger partial charge is 0.157 e. The maximum atomic E-state index is 11.4. The van der Waals surface area contributed by atoms with Gasteiger partial charge in [-0.05, 0) is 212 Å². The Hall–Kier alpha value is -5.63. The van der Waals surface area contributed by atoms with Crippen LogP contribution in [-0.4, -0.2) is 236 Å². The Morgan fingerprint density at radius 2 is 0.586 bits per heavy atom. The van der Waals surface area contributed by atoms with Crippen molar-refractivity contribution >= 4 is 52.0 Å². The third-order valence-electron chi connectivity index (χ3n) is 21.0. The normalized spacial score (nSPS) is 16.8. The number of carbonyl (C=O) groups excluding carboxylic acids is 9. The molecule has 0 bridgehead atoms. The third-order valence-corrected chi connectivity index (χ3v) is 21.0. The quantitative estimate of drug-likeness (QED) is 0.0568. The predicted octanol–water partition coefficient (Wildman–Crippen LogP) is 18.8. The number of hydrogen-bond donors (Lipinski definition) is 1. The van der Waals surface area contributed by atoms with Gasteiger partial charge in [0, 0.05) is 136 Å². The van der Waals surface area contributed by atoms with Crippen molar-refractivity contribution < 1.29 is 43.2 Å². The highest BCUT2D eigenvalue weighted by molar-refractivity contribution is 5.94. The lowest BCUT2D eigenvalue weighted by atomic mass is 9.92. The summed E-state index contributed by atoms with van der Waals surface area (Å²) in [5.41, 5.74) is 0. The Morgan fingerprint density at radius 3 is 0.836 bits per heavy atom. The fourth-order valence-electron chi connectivity index (χ4n) is 11.2. The fraction of sp³-hybridized carbons (Fsp3) is 0.727. The van der Waals surface area contributed by atoms with E-state index in [4.69, 9.17) is 0 Å². The van der Waals surface area contributed by atoms with Crippen molar-refractivity contribution in [1.82, 2.24) is 39.6 Å². The molecule has 7 fully saturated rings. The molecule has 0 aromatic carbocycles. The largest absolute Gasteiger partial charge is 0.311 e. The molecular formula is C99H176N8O9. The highest BCUT2D eigenvalue weighted by Gasteiger charge is 2.28. The van der Waals surface area contributed by atoms with Gasteiger partial charge in [0.1, 0.15) is 0 Å². The van der Waals surface area contributed by atoms with Gasteiger partial charge in [-0.1, -0.05) is 233 Å². The van der Waals surface area contributed by atoms with Crippen LogP contribution in [0.15, 0.2) is 109 Å². The number of hydrogen-bond acceptors (Lipinski definition) is 17. The molecule has 0 aromatic heterocycles. The molecule has 1 N–H and O–H groups in total. The number of rotatable bonds is 42. The van der Waals surface area contributed by atoms with E-state index >= 15 is 0 Å². The summed E-state index contributed by atoms with van der Waals surface area (Å²) in [6, 6.07) is 3.78. The number of ketones is 9. The molecule has 0 atom stereocenters. The van der Waals surface area contributed by atoms with Gasteiger partial charge in [0.25, 0.3) is 0 Å². The summed E-state index contributed by atoms with van der Waals surface area (Å²) in [5, 5.41) is 3.31. The van der Waals surface area contributed by atoms with Crippen LogP contribution >= 0.6 is 0 Å². The molecule has 0 aromatic rings. The summed E-state index contributed by atoms with van der Waals surface area (Å²) >= 11 is 0. The zero-order chi connectivity index (χ0) is 87.4. The van der Waals surface area contributed by atoms with Crippen LogP contribution in [0.3, 0.4) is 0 Å². The molecule has 2 aliphatic heterocycles. The molecule has 7 rings (SSSR count). The number of allylic oxidation sites excluding steroid dienone is 10. The summed E-state index contributed by atoms with van der Waals surface area (Å²) in [7, 11) is 6.41.